The summed E-state index contributed by atoms with van der Waals surface area (Å²) >= 11 is 0. The molecule has 0 spiro atoms. The van der Waals surface area contributed by atoms with Gasteiger partial charge in [0.1, 0.15) is 10.7 Å². The Hall–Kier alpha value is -1.18. The molecule has 0 saturated heterocycles. The van der Waals surface area contributed by atoms with E-state index in [-0.39, 0.29) is 10.4 Å². The van der Waals surface area contributed by atoms with Gasteiger partial charge in [-0.2, -0.15) is 0 Å². The van der Waals surface area contributed by atoms with Crippen LogP contribution >= 0.6 is 0 Å². The van der Waals surface area contributed by atoms with Crippen LogP contribution in [0.25, 0.3) is 0 Å². The second-order valence-electron chi connectivity index (χ2n) is 5.44. The van der Waals surface area contributed by atoms with Crippen molar-refractivity contribution in [2.45, 2.75) is 31.2 Å². The summed E-state index contributed by atoms with van der Waals surface area (Å²) in [7, 11) is 0.310. The topological polar surface area (TPSA) is 74.3 Å². The lowest BCUT2D eigenvalue weighted by atomic mass is 10.1. The zero-order valence-corrected chi connectivity index (χ0v) is 13.6. The Morgan fingerprint density at radius 1 is 1.30 bits per heavy atom. The number of aromatic nitrogens is 1. The van der Waals surface area contributed by atoms with Gasteiger partial charge in [0.25, 0.3) is 0 Å². The van der Waals surface area contributed by atoms with Crippen molar-refractivity contribution in [3.8, 4) is 0 Å². The Kier molecular flexibility index (Phi) is 5.50. The summed E-state index contributed by atoms with van der Waals surface area (Å²) in [4.78, 5) is 6.22. The average Bonchev–Trinajstić information content (AvgIpc) is 2.38. The zero-order chi connectivity index (χ0) is 15.4. The second-order valence-corrected chi connectivity index (χ2v) is 7.21. The van der Waals surface area contributed by atoms with E-state index in [0.29, 0.717) is 12.4 Å². The molecule has 1 rings (SSSR count). The van der Waals surface area contributed by atoms with Crippen molar-refractivity contribution in [3.05, 3.63) is 18.3 Å². The van der Waals surface area contributed by atoms with E-state index in [1.807, 2.05) is 39.8 Å². The van der Waals surface area contributed by atoms with E-state index in [1.54, 1.807) is 12.1 Å². The number of nitrogens with one attached hydrogen (secondary N) is 2. The molecule has 0 aliphatic carbocycles. The third-order valence-corrected chi connectivity index (χ3v) is 4.70. The monoisotopic (exact) mass is 300 g/mol. The Balaban J connectivity index is 2.79. The molecule has 0 fully saturated rings. The minimum absolute atomic E-state index is 0.175. The van der Waals surface area contributed by atoms with Crippen LogP contribution in [-0.4, -0.2) is 51.0 Å². The van der Waals surface area contributed by atoms with Crippen LogP contribution in [0.5, 0.6) is 0 Å². The predicted molar refractivity (Wildman–Crippen MR) is 81.4 cm³/mol. The third kappa shape index (κ3) is 4.43. The van der Waals surface area contributed by atoms with Gasteiger partial charge in [-0.15, -0.1) is 0 Å². The molecule has 7 heteroatoms. The number of nitrogens with zero attached hydrogens (tertiary/aromatic N) is 2. The van der Waals surface area contributed by atoms with Gasteiger partial charge < -0.3 is 10.2 Å². The maximum absolute atomic E-state index is 12.2. The lowest BCUT2D eigenvalue weighted by Gasteiger charge is -2.32. The summed E-state index contributed by atoms with van der Waals surface area (Å²) in [6.45, 7) is 6.98. The fourth-order valence-electron chi connectivity index (χ4n) is 1.34. The first kappa shape index (κ1) is 16.9. The molecule has 1 heterocycles. The number of hydrogen-bond acceptors (Lipinski definition) is 5. The molecule has 0 radical (unpaired) electrons. The molecule has 0 unspecified atom stereocenters. The molecule has 2 N–H and O–H groups in total. The normalized spacial score (nSPS) is 12.7. The van der Waals surface area contributed by atoms with Crippen molar-refractivity contribution in [3.63, 3.8) is 0 Å². The number of rotatable bonds is 7. The van der Waals surface area contributed by atoms with Crippen molar-refractivity contribution in [2.75, 3.05) is 32.5 Å². The van der Waals surface area contributed by atoms with Crippen LogP contribution < -0.4 is 10.0 Å². The number of anilines is 1. The van der Waals surface area contributed by atoms with Gasteiger partial charge >= 0.3 is 0 Å². The van der Waals surface area contributed by atoms with Crippen molar-refractivity contribution < 1.29 is 8.42 Å². The molecule has 0 aliphatic rings. The Labute approximate surface area is 121 Å². The molecule has 1 aromatic heterocycles. The summed E-state index contributed by atoms with van der Waals surface area (Å²) < 4.78 is 27.0. The first-order valence-corrected chi connectivity index (χ1v) is 8.04. The molecule has 1 aromatic rings. The first-order valence-electron chi connectivity index (χ1n) is 6.56. The van der Waals surface area contributed by atoms with Gasteiger partial charge in [-0.05, 0) is 47.0 Å². The molecule has 0 bridgehead atoms. The van der Waals surface area contributed by atoms with Gasteiger partial charge in [0.2, 0.25) is 10.0 Å². The lowest BCUT2D eigenvalue weighted by Crippen LogP contribution is -2.48. The average molecular weight is 300 g/mol. The summed E-state index contributed by atoms with van der Waals surface area (Å²) in [6.07, 6.45) is 1.36. The molecule has 0 atom stereocenters. The maximum Gasteiger partial charge on any atom is 0.242 e. The Bertz CT molecular complexity index is 524. The molecule has 0 aromatic carbocycles. The van der Waals surface area contributed by atoms with Crippen molar-refractivity contribution in [1.82, 2.24) is 14.6 Å². The molecule has 0 amide bonds. The van der Waals surface area contributed by atoms with E-state index in [1.165, 1.54) is 6.20 Å². The molecular formula is C13H24N4O2S. The largest absolute Gasteiger partial charge is 0.370 e. The van der Waals surface area contributed by atoms with Crippen molar-refractivity contribution in [1.29, 1.82) is 0 Å². The standard InChI is InChI=1S/C13H24N4O2S/c1-6-14-12-8-7-11(9-15-12)20(18,19)16-10-13(2,3)17(4)5/h7-9,16H,6,10H2,1-5H3,(H,14,15). The van der Waals surface area contributed by atoms with Gasteiger partial charge in [0.05, 0.1) is 0 Å². The smallest absolute Gasteiger partial charge is 0.242 e. The van der Waals surface area contributed by atoms with Crippen LogP contribution in [0.15, 0.2) is 23.2 Å². The van der Waals surface area contributed by atoms with E-state index < -0.39 is 10.0 Å². The summed E-state index contributed by atoms with van der Waals surface area (Å²) in [5, 5.41) is 3.02. The minimum atomic E-state index is -3.53. The molecule has 114 valence electrons. The summed E-state index contributed by atoms with van der Waals surface area (Å²) in [5.41, 5.74) is -0.260. The van der Waals surface area contributed by atoms with E-state index in [2.05, 4.69) is 15.0 Å². The highest BCUT2D eigenvalue weighted by Crippen LogP contribution is 2.13. The highest BCUT2D eigenvalue weighted by atomic mass is 32.2. The molecule has 0 aliphatic heterocycles. The lowest BCUT2D eigenvalue weighted by molar-refractivity contribution is 0.199. The quantitative estimate of drug-likeness (QED) is 0.789. The van der Waals surface area contributed by atoms with Crippen LogP contribution in [0.4, 0.5) is 5.82 Å². The second kappa shape index (κ2) is 6.51. The van der Waals surface area contributed by atoms with Crippen molar-refractivity contribution in [2.24, 2.45) is 0 Å². The van der Waals surface area contributed by atoms with E-state index in [9.17, 15) is 8.42 Å². The van der Waals surface area contributed by atoms with Crippen LogP contribution in [0.1, 0.15) is 20.8 Å². The fourth-order valence-corrected chi connectivity index (χ4v) is 2.49. The van der Waals surface area contributed by atoms with Crippen LogP contribution in [-0.2, 0) is 10.0 Å². The number of likely N-dealkylation sites (N-methyl/N-ethyl adjacent to an activating group) is 1. The summed E-state index contributed by atoms with van der Waals surface area (Å²) in [6, 6.07) is 3.21. The highest BCUT2D eigenvalue weighted by Gasteiger charge is 2.24. The Morgan fingerprint density at radius 3 is 2.40 bits per heavy atom. The van der Waals surface area contributed by atoms with E-state index in [4.69, 9.17) is 0 Å². The molecule has 6 nitrogen and oxygen atoms in total. The predicted octanol–water partition coefficient (Wildman–Crippen LogP) is 1.13. The van der Waals surface area contributed by atoms with Crippen LogP contribution in [0, 0.1) is 0 Å². The molecular weight excluding hydrogens is 276 g/mol. The molecule has 20 heavy (non-hydrogen) atoms. The van der Waals surface area contributed by atoms with E-state index >= 15 is 0 Å². The van der Waals surface area contributed by atoms with E-state index in [0.717, 1.165) is 6.54 Å². The SMILES string of the molecule is CCNc1ccc(S(=O)(=O)NCC(C)(C)N(C)C)cn1. The number of pyridine rings is 1. The third-order valence-electron chi connectivity index (χ3n) is 3.31. The van der Waals surface area contributed by atoms with Gasteiger partial charge in [0.15, 0.2) is 0 Å². The van der Waals surface area contributed by atoms with Gasteiger partial charge in [-0.25, -0.2) is 18.1 Å². The zero-order valence-electron chi connectivity index (χ0n) is 12.8. The van der Waals surface area contributed by atoms with Crippen LogP contribution in [0.3, 0.4) is 0 Å². The minimum Gasteiger partial charge on any atom is -0.370 e. The molecule has 0 saturated carbocycles. The number of sulfonamides is 1. The van der Waals surface area contributed by atoms with Gasteiger partial charge in [-0.1, -0.05) is 0 Å². The van der Waals surface area contributed by atoms with Gasteiger partial charge in [0, 0.05) is 24.8 Å². The number of hydrogen-bond donors (Lipinski definition) is 2. The highest BCUT2D eigenvalue weighted by molar-refractivity contribution is 7.89. The maximum atomic E-state index is 12.2. The van der Waals surface area contributed by atoms with Gasteiger partial charge in [-0.3, -0.25) is 0 Å². The fraction of sp³-hybridized carbons (Fsp3) is 0.615. The summed E-state index contributed by atoms with van der Waals surface area (Å²) in [5.74, 6) is 0.667. The first-order chi connectivity index (χ1) is 9.19. The Morgan fingerprint density at radius 2 is 1.95 bits per heavy atom. The van der Waals surface area contributed by atoms with Crippen molar-refractivity contribution >= 4 is 15.8 Å². The van der Waals surface area contributed by atoms with Crippen LogP contribution in [0.2, 0.25) is 0 Å².